The molecule has 0 N–H and O–H groups in total. The largest absolute Gasteiger partial charge is 0.493 e. The molecule has 2 aromatic carbocycles. The molecular formula is C22H21F2NO3S2. The van der Waals surface area contributed by atoms with Crippen LogP contribution >= 0.6 is 23.1 Å². The van der Waals surface area contributed by atoms with Crippen molar-refractivity contribution < 1.29 is 23.0 Å². The summed E-state index contributed by atoms with van der Waals surface area (Å²) in [6.45, 7) is -2.63. The molecule has 0 fully saturated rings. The molecule has 0 atom stereocenters. The number of carbonyl (C=O) groups excluding carboxylic acids is 1. The first-order valence-corrected chi connectivity index (χ1v) is 11.0. The molecule has 0 saturated heterocycles. The number of ether oxygens (including phenoxy) is 2. The predicted molar refractivity (Wildman–Crippen MR) is 116 cm³/mol. The Bertz CT molecular complexity index is 980. The standard InChI is InChI=1S/C22H21F2NO3S2/c1-25(13-15-9-10-18(28-22(23)24)19(12-15)27-2)21(26)17-7-3-4-8-20(17)30-14-16-6-5-11-29-16/h3-12,22H,13-14H2,1-2H3. The lowest BCUT2D eigenvalue weighted by Gasteiger charge is -2.20. The van der Waals surface area contributed by atoms with E-state index in [-0.39, 0.29) is 17.4 Å². The zero-order valence-electron chi connectivity index (χ0n) is 16.5. The Labute approximate surface area is 182 Å². The molecule has 0 unspecified atom stereocenters. The molecule has 0 aliphatic carbocycles. The third-order valence-electron chi connectivity index (χ3n) is 4.28. The summed E-state index contributed by atoms with van der Waals surface area (Å²) in [5.41, 5.74) is 1.37. The number of methoxy groups -OCH3 is 1. The second-order valence-electron chi connectivity index (χ2n) is 6.39. The van der Waals surface area contributed by atoms with Crippen LogP contribution in [0.5, 0.6) is 11.5 Å². The van der Waals surface area contributed by atoms with Crippen molar-refractivity contribution in [3.05, 3.63) is 76.0 Å². The van der Waals surface area contributed by atoms with E-state index < -0.39 is 6.61 Å². The van der Waals surface area contributed by atoms with Gasteiger partial charge in [0.2, 0.25) is 0 Å². The molecule has 0 aliphatic rings. The van der Waals surface area contributed by atoms with Crippen LogP contribution in [0.25, 0.3) is 0 Å². The van der Waals surface area contributed by atoms with Crippen LogP contribution in [0.15, 0.2) is 64.9 Å². The Hall–Kier alpha value is -2.58. The van der Waals surface area contributed by atoms with Crippen LogP contribution in [0.3, 0.4) is 0 Å². The summed E-state index contributed by atoms with van der Waals surface area (Å²) in [7, 11) is 3.09. The molecule has 4 nitrogen and oxygen atoms in total. The van der Waals surface area contributed by atoms with E-state index in [0.717, 1.165) is 16.2 Å². The molecule has 0 bridgehead atoms. The molecule has 1 amide bonds. The van der Waals surface area contributed by atoms with Crippen molar-refractivity contribution in [1.82, 2.24) is 4.90 Å². The first kappa shape index (κ1) is 22.1. The molecule has 1 heterocycles. The minimum Gasteiger partial charge on any atom is -0.493 e. The number of rotatable bonds is 9. The number of thiophene rings is 1. The van der Waals surface area contributed by atoms with Crippen molar-refractivity contribution in [3.8, 4) is 11.5 Å². The summed E-state index contributed by atoms with van der Waals surface area (Å²) < 4.78 is 34.6. The molecule has 1 aromatic heterocycles. The van der Waals surface area contributed by atoms with E-state index in [1.165, 1.54) is 18.1 Å². The highest BCUT2D eigenvalue weighted by atomic mass is 32.2. The highest BCUT2D eigenvalue weighted by Crippen LogP contribution is 2.31. The number of alkyl halides is 2. The number of thioether (sulfide) groups is 1. The van der Waals surface area contributed by atoms with Crippen molar-refractivity contribution in [1.29, 1.82) is 0 Å². The van der Waals surface area contributed by atoms with Crippen molar-refractivity contribution in [3.63, 3.8) is 0 Å². The smallest absolute Gasteiger partial charge is 0.387 e. The lowest BCUT2D eigenvalue weighted by molar-refractivity contribution is -0.0512. The van der Waals surface area contributed by atoms with Crippen molar-refractivity contribution in [2.24, 2.45) is 0 Å². The maximum Gasteiger partial charge on any atom is 0.387 e. The van der Waals surface area contributed by atoms with Gasteiger partial charge in [-0.15, -0.1) is 23.1 Å². The Balaban J connectivity index is 1.71. The second-order valence-corrected chi connectivity index (χ2v) is 8.44. The van der Waals surface area contributed by atoms with Gasteiger partial charge in [0, 0.05) is 29.1 Å². The fourth-order valence-corrected chi connectivity index (χ4v) is 4.69. The number of hydrogen-bond donors (Lipinski definition) is 0. The van der Waals surface area contributed by atoms with Crippen molar-refractivity contribution >= 4 is 29.0 Å². The molecule has 0 aliphatic heterocycles. The number of halogens is 2. The van der Waals surface area contributed by atoms with E-state index in [2.05, 4.69) is 10.8 Å². The Morgan fingerprint density at radius 1 is 1.13 bits per heavy atom. The van der Waals surface area contributed by atoms with Gasteiger partial charge in [0.15, 0.2) is 11.5 Å². The number of carbonyl (C=O) groups is 1. The Morgan fingerprint density at radius 3 is 2.63 bits per heavy atom. The first-order chi connectivity index (χ1) is 14.5. The molecule has 3 rings (SSSR count). The zero-order chi connectivity index (χ0) is 21.5. The first-order valence-electron chi connectivity index (χ1n) is 9.09. The van der Waals surface area contributed by atoms with E-state index in [0.29, 0.717) is 12.1 Å². The summed E-state index contributed by atoms with van der Waals surface area (Å²) in [4.78, 5) is 16.8. The van der Waals surface area contributed by atoms with Crippen LogP contribution in [0.2, 0.25) is 0 Å². The maximum atomic E-state index is 13.1. The minimum absolute atomic E-state index is 0.0412. The van der Waals surface area contributed by atoms with Crippen molar-refractivity contribution in [2.45, 2.75) is 23.8 Å². The molecular weight excluding hydrogens is 428 g/mol. The van der Waals surface area contributed by atoms with Gasteiger partial charge in [-0.25, -0.2) is 0 Å². The molecule has 158 valence electrons. The fraction of sp³-hybridized carbons (Fsp3) is 0.227. The highest BCUT2D eigenvalue weighted by molar-refractivity contribution is 7.98. The molecule has 30 heavy (non-hydrogen) atoms. The van der Waals surface area contributed by atoms with Gasteiger partial charge >= 0.3 is 6.61 Å². The molecule has 8 heteroatoms. The van der Waals surface area contributed by atoms with E-state index in [9.17, 15) is 13.6 Å². The van der Waals surface area contributed by atoms with Crippen LogP contribution < -0.4 is 9.47 Å². The van der Waals surface area contributed by atoms with Crippen LogP contribution in [0.1, 0.15) is 20.8 Å². The zero-order valence-corrected chi connectivity index (χ0v) is 18.1. The predicted octanol–water partition coefficient (Wildman–Crippen LogP) is 5.92. The van der Waals surface area contributed by atoms with Gasteiger partial charge in [-0.3, -0.25) is 4.79 Å². The Morgan fingerprint density at radius 2 is 1.93 bits per heavy atom. The molecule has 3 aromatic rings. The number of nitrogens with zero attached hydrogens (tertiary/aromatic N) is 1. The summed E-state index contributed by atoms with van der Waals surface area (Å²) in [5, 5.41) is 2.03. The summed E-state index contributed by atoms with van der Waals surface area (Å²) in [6, 6.07) is 16.3. The van der Waals surface area contributed by atoms with E-state index in [1.54, 1.807) is 47.2 Å². The normalized spacial score (nSPS) is 10.8. The number of amides is 1. The van der Waals surface area contributed by atoms with Gasteiger partial charge < -0.3 is 14.4 Å². The monoisotopic (exact) mass is 449 g/mol. The average Bonchev–Trinajstić information content (AvgIpc) is 3.26. The topological polar surface area (TPSA) is 38.8 Å². The lowest BCUT2D eigenvalue weighted by Crippen LogP contribution is -2.26. The summed E-state index contributed by atoms with van der Waals surface area (Å²) >= 11 is 3.31. The van der Waals surface area contributed by atoms with Gasteiger partial charge in [0.1, 0.15) is 0 Å². The van der Waals surface area contributed by atoms with Gasteiger partial charge in [0.05, 0.1) is 12.7 Å². The van der Waals surface area contributed by atoms with E-state index in [4.69, 9.17) is 4.74 Å². The van der Waals surface area contributed by atoms with Crippen LogP contribution in [-0.4, -0.2) is 31.6 Å². The van der Waals surface area contributed by atoms with Gasteiger partial charge in [-0.2, -0.15) is 8.78 Å². The van der Waals surface area contributed by atoms with Crippen LogP contribution in [0.4, 0.5) is 8.78 Å². The summed E-state index contributed by atoms with van der Waals surface area (Å²) in [6.07, 6.45) is 0. The van der Waals surface area contributed by atoms with Gasteiger partial charge in [0.25, 0.3) is 5.91 Å². The molecule has 0 saturated carbocycles. The van der Waals surface area contributed by atoms with Gasteiger partial charge in [-0.05, 0) is 41.3 Å². The number of benzene rings is 2. The second kappa shape index (κ2) is 10.4. The SMILES string of the molecule is COc1cc(CN(C)C(=O)c2ccccc2SCc2cccs2)ccc1OC(F)F. The minimum atomic E-state index is -2.93. The fourth-order valence-electron chi connectivity index (χ4n) is 2.87. The van der Waals surface area contributed by atoms with Gasteiger partial charge in [-0.1, -0.05) is 24.3 Å². The highest BCUT2D eigenvalue weighted by Gasteiger charge is 2.18. The summed E-state index contributed by atoms with van der Waals surface area (Å²) in [5.74, 6) is 0.839. The molecule has 0 radical (unpaired) electrons. The third kappa shape index (κ3) is 5.73. The van der Waals surface area contributed by atoms with Crippen LogP contribution in [-0.2, 0) is 12.3 Å². The van der Waals surface area contributed by atoms with Crippen LogP contribution in [0, 0.1) is 0 Å². The number of hydrogen-bond acceptors (Lipinski definition) is 5. The quantitative estimate of drug-likeness (QED) is 0.380. The average molecular weight is 450 g/mol. The third-order valence-corrected chi connectivity index (χ3v) is 6.46. The van der Waals surface area contributed by atoms with E-state index in [1.807, 2.05) is 35.7 Å². The lowest BCUT2D eigenvalue weighted by atomic mass is 10.1. The van der Waals surface area contributed by atoms with Crippen molar-refractivity contribution in [2.75, 3.05) is 14.2 Å². The maximum absolute atomic E-state index is 13.1. The molecule has 0 spiro atoms. The van der Waals surface area contributed by atoms with E-state index >= 15 is 0 Å². The Kier molecular flexibility index (Phi) is 7.70.